The Balaban J connectivity index is 1.40. The van der Waals surface area contributed by atoms with Crippen LogP contribution in [0.5, 0.6) is 5.75 Å². The second-order valence-electron chi connectivity index (χ2n) is 8.81. The molecule has 0 saturated carbocycles. The highest BCUT2D eigenvalue weighted by molar-refractivity contribution is 5.84. The largest absolute Gasteiger partial charge is 0.573 e. The standard InChI is InChI=1S/C29H26F5NO/c1-2-3-21-6-13-24(35-18-21)12-5-19-7-14-25-23(16-19)11-10-22(28(25)31)9-4-20-8-15-27(26(30)17-20)36-29(32,33)34/h6-8,10-11,13-18H,2-5,9,12H2,1H3. The molecule has 1 aromatic heterocycles. The Bertz CT molecular complexity index is 1330. The van der Waals surface area contributed by atoms with Gasteiger partial charge in [0.15, 0.2) is 11.6 Å². The number of nitrogens with zero attached hydrogens (tertiary/aromatic N) is 1. The first-order valence-corrected chi connectivity index (χ1v) is 11.9. The van der Waals surface area contributed by atoms with Crippen molar-refractivity contribution in [3.8, 4) is 5.75 Å². The van der Waals surface area contributed by atoms with Gasteiger partial charge in [0.2, 0.25) is 0 Å². The number of aromatic nitrogens is 1. The summed E-state index contributed by atoms with van der Waals surface area (Å²) in [5.41, 5.74) is 4.25. The third-order valence-electron chi connectivity index (χ3n) is 6.10. The van der Waals surface area contributed by atoms with E-state index in [4.69, 9.17) is 0 Å². The van der Waals surface area contributed by atoms with E-state index in [1.165, 1.54) is 11.6 Å². The van der Waals surface area contributed by atoms with Crippen LogP contribution < -0.4 is 4.74 Å². The van der Waals surface area contributed by atoms with Crippen molar-refractivity contribution in [3.63, 3.8) is 0 Å². The second kappa shape index (κ2) is 11.1. The smallest absolute Gasteiger partial charge is 0.403 e. The minimum absolute atomic E-state index is 0.272. The predicted molar refractivity (Wildman–Crippen MR) is 130 cm³/mol. The Kier molecular flexibility index (Phi) is 7.87. The first-order valence-electron chi connectivity index (χ1n) is 11.9. The van der Waals surface area contributed by atoms with E-state index in [-0.39, 0.29) is 18.7 Å². The molecule has 3 aromatic carbocycles. The lowest BCUT2D eigenvalue weighted by molar-refractivity contribution is -0.275. The molecular weight excluding hydrogens is 473 g/mol. The molecule has 36 heavy (non-hydrogen) atoms. The minimum atomic E-state index is -4.97. The summed E-state index contributed by atoms with van der Waals surface area (Å²) in [6.45, 7) is 2.14. The Morgan fingerprint density at radius 3 is 2.17 bits per heavy atom. The quantitative estimate of drug-likeness (QED) is 0.218. The van der Waals surface area contributed by atoms with Gasteiger partial charge in [0, 0.05) is 17.3 Å². The van der Waals surface area contributed by atoms with E-state index in [0.29, 0.717) is 16.5 Å². The maximum Gasteiger partial charge on any atom is 0.573 e. The van der Waals surface area contributed by atoms with Crippen molar-refractivity contribution in [2.75, 3.05) is 0 Å². The summed E-state index contributed by atoms with van der Waals surface area (Å²) in [6, 6.07) is 16.7. The van der Waals surface area contributed by atoms with Gasteiger partial charge in [-0.05, 0) is 77.9 Å². The molecule has 0 aliphatic rings. The highest BCUT2D eigenvalue weighted by Crippen LogP contribution is 2.28. The van der Waals surface area contributed by atoms with E-state index in [0.717, 1.165) is 54.5 Å². The molecule has 0 saturated heterocycles. The number of benzene rings is 3. The predicted octanol–water partition coefficient (Wildman–Crippen LogP) is 7.93. The third-order valence-corrected chi connectivity index (χ3v) is 6.10. The molecule has 1 heterocycles. The van der Waals surface area contributed by atoms with E-state index in [1.54, 1.807) is 12.1 Å². The van der Waals surface area contributed by atoms with Crippen molar-refractivity contribution in [3.05, 3.63) is 106 Å². The number of fused-ring (bicyclic) bond motifs is 1. The Morgan fingerprint density at radius 2 is 1.47 bits per heavy atom. The van der Waals surface area contributed by atoms with E-state index >= 15 is 4.39 Å². The summed E-state index contributed by atoms with van der Waals surface area (Å²) in [5.74, 6) is -2.34. The van der Waals surface area contributed by atoms with Crippen molar-refractivity contribution in [1.82, 2.24) is 4.98 Å². The topological polar surface area (TPSA) is 22.1 Å². The van der Waals surface area contributed by atoms with Crippen molar-refractivity contribution in [1.29, 1.82) is 0 Å². The van der Waals surface area contributed by atoms with Gasteiger partial charge in [-0.25, -0.2) is 8.78 Å². The van der Waals surface area contributed by atoms with Crippen LogP contribution in [-0.4, -0.2) is 11.3 Å². The number of rotatable bonds is 9. The lowest BCUT2D eigenvalue weighted by atomic mass is 9.97. The van der Waals surface area contributed by atoms with Gasteiger partial charge in [-0.3, -0.25) is 4.98 Å². The zero-order chi connectivity index (χ0) is 25.7. The number of hydrogen-bond acceptors (Lipinski definition) is 2. The van der Waals surface area contributed by atoms with Crippen LogP contribution >= 0.6 is 0 Å². The molecule has 0 radical (unpaired) electrons. The van der Waals surface area contributed by atoms with Gasteiger partial charge >= 0.3 is 6.36 Å². The minimum Gasteiger partial charge on any atom is -0.403 e. The molecule has 4 aromatic rings. The fourth-order valence-corrected chi connectivity index (χ4v) is 4.23. The zero-order valence-corrected chi connectivity index (χ0v) is 19.8. The van der Waals surface area contributed by atoms with Gasteiger partial charge in [-0.2, -0.15) is 0 Å². The number of ether oxygens (including phenoxy) is 1. The van der Waals surface area contributed by atoms with Gasteiger partial charge in [-0.15, -0.1) is 13.2 Å². The number of hydrogen-bond donors (Lipinski definition) is 0. The van der Waals surface area contributed by atoms with Crippen LogP contribution in [0.3, 0.4) is 0 Å². The van der Waals surface area contributed by atoms with Crippen molar-refractivity contribution in [2.45, 2.75) is 51.8 Å². The Morgan fingerprint density at radius 1 is 0.750 bits per heavy atom. The van der Waals surface area contributed by atoms with E-state index in [1.807, 2.05) is 24.4 Å². The fraction of sp³-hybridized carbons (Fsp3) is 0.276. The molecule has 7 heteroatoms. The maximum atomic E-state index is 15.2. The number of pyridine rings is 1. The summed E-state index contributed by atoms with van der Waals surface area (Å²) in [6.07, 6.45) is 1.20. The molecule has 0 atom stereocenters. The Hall–Kier alpha value is -3.48. The number of halogens is 5. The average Bonchev–Trinajstić information content (AvgIpc) is 2.84. The molecule has 0 aliphatic heterocycles. The van der Waals surface area contributed by atoms with E-state index in [9.17, 15) is 17.6 Å². The summed E-state index contributed by atoms with van der Waals surface area (Å²) in [7, 11) is 0. The van der Waals surface area contributed by atoms with Crippen LogP contribution in [0.15, 0.2) is 66.9 Å². The van der Waals surface area contributed by atoms with Crippen molar-refractivity contribution in [2.24, 2.45) is 0 Å². The van der Waals surface area contributed by atoms with E-state index < -0.39 is 17.9 Å². The molecule has 0 fully saturated rings. The average molecular weight is 500 g/mol. The number of aryl methyl sites for hydroxylation is 5. The zero-order valence-electron chi connectivity index (χ0n) is 19.8. The summed E-state index contributed by atoms with van der Waals surface area (Å²) in [4.78, 5) is 4.53. The van der Waals surface area contributed by atoms with Gasteiger partial charge in [-0.1, -0.05) is 55.8 Å². The lowest BCUT2D eigenvalue weighted by Gasteiger charge is -2.11. The molecule has 0 unspecified atom stereocenters. The Labute approximate surface area is 206 Å². The van der Waals surface area contributed by atoms with Crippen LogP contribution in [0.1, 0.15) is 41.3 Å². The molecule has 2 nitrogen and oxygen atoms in total. The summed E-state index contributed by atoms with van der Waals surface area (Å²) >= 11 is 0. The lowest BCUT2D eigenvalue weighted by Crippen LogP contribution is -2.18. The molecule has 0 N–H and O–H groups in total. The summed E-state index contributed by atoms with van der Waals surface area (Å²) < 4.78 is 69.7. The van der Waals surface area contributed by atoms with Crippen molar-refractivity contribution < 1.29 is 26.7 Å². The van der Waals surface area contributed by atoms with E-state index in [2.05, 4.69) is 28.8 Å². The molecule has 0 aliphatic carbocycles. The SMILES string of the molecule is CCCc1ccc(CCc2ccc3c(F)c(CCc4ccc(OC(F)(F)F)c(F)c4)ccc3c2)nc1. The van der Waals surface area contributed by atoms with Crippen LogP contribution in [0, 0.1) is 11.6 Å². The van der Waals surface area contributed by atoms with Gasteiger partial charge < -0.3 is 4.74 Å². The molecular formula is C29H26F5NO. The normalized spacial score (nSPS) is 11.7. The second-order valence-corrected chi connectivity index (χ2v) is 8.81. The monoisotopic (exact) mass is 499 g/mol. The van der Waals surface area contributed by atoms with Gasteiger partial charge in [0.25, 0.3) is 0 Å². The first-order chi connectivity index (χ1) is 17.2. The van der Waals surface area contributed by atoms with Crippen molar-refractivity contribution >= 4 is 10.8 Å². The van der Waals surface area contributed by atoms with Gasteiger partial charge in [0.1, 0.15) is 5.82 Å². The summed E-state index contributed by atoms with van der Waals surface area (Å²) in [5, 5.41) is 1.29. The van der Waals surface area contributed by atoms with Crippen LogP contribution in [0.4, 0.5) is 22.0 Å². The molecule has 0 spiro atoms. The van der Waals surface area contributed by atoms with Crippen LogP contribution in [-0.2, 0) is 32.1 Å². The maximum absolute atomic E-state index is 15.2. The molecule has 188 valence electrons. The number of alkyl halides is 3. The first kappa shape index (κ1) is 25.6. The molecule has 0 bridgehead atoms. The van der Waals surface area contributed by atoms with Crippen LogP contribution in [0.2, 0.25) is 0 Å². The fourth-order valence-electron chi connectivity index (χ4n) is 4.23. The highest BCUT2D eigenvalue weighted by atomic mass is 19.4. The van der Waals surface area contributed by atoms with Crippen LogP contribution in [0.25, 0.3) is 10.8 Å². The molecule has 4 rings (SSSR count). The molecule has 0 amide bonds. The third kappa shape index (κ3) is 6.59. The highest BCUT2D eigenvalue weighted by Gasteiger charge is 2.32. The van der Waals surface area contributed by atoms with Gasteiger partial charge in [0.05, 0.1) is 0 Å².